The number of allylic oxidation sites excluding steroid dienone is 8. The molecular weight excluding hydrogens is 344 g/mol. The van der Waals surface area contributed by atoms with E-state index in [1.54, 1.807) is 6.08 Å². The fourth-order valence-corrected chi connectivity index (χ4v) is 2.92. The van der Waals surface area contributed by atoms with Crippen LogP contribution in [0, 0.1) is 11.3 Å². The van der Waals surface area contributed by atoms with Crippen molar-refractivity contribution in [2.45, 2.75) is 6.42 Å². The summed E-state index contributed by atoms with van der Waals surface area (Å²) >= 11 is 0. The number of hydrogen-bond acceptors (Lipinski definition) is 3. The van der Waals surface area contributed by atoms with Gasteiger partial charge in [0.1, 0.15) is 11.3 Å². The van der Waals surface area contributed by atoms with Crippen LogP contribution < -0.4 is 11.2 Å². The fraction of sp³-hybridized carbons (Fsp3) is 0.0833. The summed E-state index contributed by atoms with van der Waals surface area (Å²) in [5.74, 6) is 0.436. The zero-order valence-corrected chi connectivity index (χ0v) is 15.8. The van der Waals surface area contributed by atoms with E-state index < -0.39 is 0 Å². The first-order valence-electron chi connectivity index (χ1n) is 9.05. The third-order valence-electron chi connectivity index (χ3n) is 4.28. The molecule has 0 aliphatic heterocycles. The summed E-state index contributed by atoms with van der Waals surface area (Å²) in [6.07, 6.45) is 16.5. The van der Waals surface area contributed by atoms with E-state index in [-0.39, 0.29) is 0 Å². The molecule has 0 unspecified atom stereocenters. The summed E-state index contributed by atoms with van der Waals surface area (Å²) in [4.78, 5) is 4.52. The SMILES string of the molecule is Cn1cc(/C(=C/C#N)c2ccccc2)cc/c1=N/C(N)=C/C1=CC=CCC=C1. The number of aryl methyl sites for hydroxylation is 1. The van der Waals surface area contributed by atoms with Crippen molar-refractivity contribution in [1.29, 1.82) is 5.26 Å². The zero-order valence-electron chi connectivity index (χ0n) is 15.8. The first kappa shape index (κ1) is 18.9. The van der Waals surface area contributed by atoms with Crippen molar-refractivity contribution < 1.29 is 0 Å². The quantitative estimate of drug-likeness (QED) is 0.827. The van der Waals surface area contributed by atoms with Gasteiger partial charge in [-0.1, -0.05) is 60.7 Å². The maximum Gasteiger partial charge on any atom is 0.134 e. The molecule has 28 heavy (non-hydrogen) atoms. The van der Waals surface area contributed by atoms with Gasteiger partial charge in [-0.3, -0.25) is 0 Å². The predicted molar refractivity (Wildman–Crippen MR) is 113 cm³/mol. The Morgan fingerprint density at radius 3 is 2.71 bits per heavy atom. The van der Waals surface area contributed by atoms with Crippen LogP contribution in [0.3, 0.4) is 0 Å². The van der Waals surface area contributed by atoms with Crippen molar-refractivity contribution in [2.75, 3.05) is 0 Å². The average molecular weight is 366 g/mol. The largest absolute Gasteiger partial charge is 0.384 e. The zero-order chi connectivity index (χ0) is 19.8. The van der Waals surface area contributed by atoms with E-state index in [0.29, 0.717) is 5.82 Å². The molecular formula is C24H22N4. The van der Waals surface area contributed by atoms with Gasteiger partial charge in [0.15, 0.2) is 0 Å². The second kappa shape index (κ2) is 9.20. The van der Waals surface area contributed by atoms with Crippen LogP contribution in [0.1, 0.15) is 17.5 Å². The van der Waals surface area contributed by atoms with Crippen LogP contribution >= 0.6 is 0 Å². The molecule has 1 aromatic carbocycles. The summed E-state index contributed by atoms with van der Waals surface area (Å²) in [6, 6.07) is 15.9. The molecule has 0 saturated carbocycles. The third kappa shape index (κ3) is 4.87. The lowest BCUT2D eigenvalue weighted by Crippen LogP contribution is -2.19. The van der Waals surface area contributed by atoms with E-state index in [9.17, 15) is 5.26 Å². The molecule has 1 aliphatic rings. The number of nitriles is 1. The standard InChI is InChI=1S/C24H22N4/c1-28-18-21(22(15-16-25)20-11-7-4-8-12-20)13-14-24(28)27-23(26)17-19-9-5-2-3-6-10-19/h2,4-15,17-18H,3,26H2,1H3/b22-15+,23-17+,27-24-. The predicted octanol–water partition coefficient (Wildman–Crippen LogP) is 4.12. The van der Waals surface area contributed by atoms with E-state index >= 15 is 0 Å². The Bertz CT molecular complexity index is 1100. The summed E-state index contributed by atoms with van der Waals surface area (Å²) < 4.78 is 1.90. The van der Waals surface area contributed by atoms with Crippen LogP contribution in [-0.2, 0) is 7.05 Å². The first-order valence-corrected chi connectivity index (χ1v) is 9.05. The van der Waals surface area contributed by atoms with Crippen molar-refractivity contribution in [3.8, 4) is 6.07 Å². The number of nitrogens with two attached hydrogens (primary N) is 1. The normalized spacial score (nSPS) is 15.1. The van der Waals surface area contributed by atoms with E-state index in [4.69, 9.17) is 5.73 Å². The van der Waals surface area contributed by atoms with E-state index in [1.165, 1.54) is 0 Å². The topological polar surface area (TPSA) is 67.1 Å². The minimum Gasteiger partial charge on any atom is -0.384 e. The van der Waals surface area contributed by atoms with Crippen molar-refractivity contribution in [3.63, 3.8) is 0 Å². The minimum absolute atomic E-state index is 0.436. The molecule has 0 fully saturated rings. The van der Waals surface area contributed by atoms with Gasteiger partial charge in [0.05, 0.1) is 6.07 Å². The number of benzene rings is 1. The Labute approximate surface area is 165 Å². The number of aromatic nitrogens is 1. The van der Waals surface area contributed by atoms with Crippen LogP contribution in [0.4, 0.5) is 0 Å². The molecule has 4 heteroatoms. The molecule has 2 N–H and O–H groups in total. The van der Waals surface area contributed by atoms with Gasteiger partial charge in [0, 0.05) is 24.9 Å². The number of hydrogen-bond donors (Lipinski definition) is 1. The summed E-state index contributed by atoms with van der Waals surface area (Å²) in [5, 5.41) is 9.19. The second-order valence-electron chi connectivity index (χ2n) is 6.35. The van der Waals surface area contributed by atoms with Crippen LogP contribution in [0.25, 0.3) is 5.57 Å². The van der Waals surface area contributed by atoms with E-state index in [0.717, 1.165) is 34.2 Å². The van der Waals surface area contributed by atoms with Gasteiger partial charge < -0.3 is 10.3 Å². The molecule has 1 aromatic heterocycles. The molecule has 0 bridgehead atoms. The fourth-order valence-electron chi connectivity index (χ4n) is 2.92. The number of nitrogens with zero attached hydrogens (tertiary/aromatic N) is 3. The Morgan fingerprint density at radius 1 is 1.14 bits per heavy atom. The van der Waals surface area contributed by atoms with Crippen molar-refractivity contribution >= 4 is 5.57 Å². The molecule has 138 valence electrons. The van der Waals surface area contributed by atoms with Gasteiger partial charge in [-0.05, 0) is 41.3 Å². The van der Waals surface area contributed by atoms with Gasteiger partial charge in [-0.25, -0.2) is 4.99 Å². The van der Waals surface area contributed by atoms with Crippen molar-refractivity contribution in [1.82, 2.24) is 4.57 Å². The highest BCUT2D eigenvalue weighted by atomic mass is 15.0. The molecule has 4 nitrogen and oxygen atoms in total. The van der Waals surface area contributed by atoms with Gasteiger partial charge in [-0.15, -0.1) is 0 Å². The summed E-state index contributed by atoms with van der Waals surface area (Å²) in [5.41, 5.74) is 10.7. The lowest BCUT2D eigenvalue weighted by Gasteiger charge is -2.09. The molecule has 0 amide bonds. The Kier molecular flexibility index (Phi) is 6.22. The Balaban J connectivity index is 1.95. The third-order valence-corrected chi connectivity index (χ3v) is 4.28. The van der Waals surface area contributed by atoms with Gasteiger partial charge in [0.2, 0.25) is 0 Å². The van der Waals surface area contributed by atoms with Crippen LogP contribution in [0.5, 0.6) is 0 Å². The molecule has 1 heterocycles. The molecule has 0 radical (unpaired) electrons. The molecule has 0 spiro atoms. The van der Waals surface area contributed by atoms with Crippen LogP contribution in [-0.4, -0.2) is 4.57 Å². The average Bonchev–Trinajstić information content (AvgIpc) is 2.97. The Morgan fingerprint density at radius 2 is 1.96 bits per heavy atom. The lowest BCUT2D eigenvalue weighted by atomic mass is 9.99. The molecule has 0 atom stereocenters. The first-order chi connectivity index (χ1) is 13.7. The van der Waals surface area contributed by atoms with Crippen molar-refractivity contribution in [2.24, 2.45) is 17.8 Å². The number of rotatable bonds is 4. The highest BCUT2D eigenvalue weighted by Crippen LogP contribution is 2.22. The van der Waals surface area contributed by atoms with Gasteiger partial charge in [0.25, 0.3) is 0 Å². The molecule has 2 aromatic rings. The summed E-state index contributed by atoms with van der Waals surface area (Å²) in [6.45, 7) is 0. The summed E-state index contributed by atoms with van der Waals surface area (Å²) in [7, 11) is 1.91. The van der Waals surface area contributed by atoms with Crippen LogP contribution in [0.15, 0.2) is 108 Å². The highest BCUT2D eigenvalue weighted by molar-refractivity contribution is 5.80. The van der Waals surface area contributed by atoms with E-state index in [2.05, 4.69) is 23.2 Å². The maximum atomic E-state index is 9.19. The molecule has 3 rings (SSSR count). The number of pyridine rings is 1. The molecule has 1 aliphatic carbocycles. The van der Waals surface area contributed by atoms with Crippen molar-refractivity contribution in [3.05, 3.63) is 119 Å². The Hall–Kier alpha value is -3.84. The van der Waals surface area contributed by atoms with E-state index in [1.807, 2.05) is 84.6 Å². The molecule has 0 saturated heterocycles. The van der Waals surface area contributed by atoms with Crippen LogP contribution in [0.2, 0.25) is 0 Å². The highest BCUT2D eigenvalue weighted by Gasteiger charge is 2.05. The lowest BCUT2D eigenvalue weighted by molar-refractivity contribution is 0.822. The second-order valence-corrected chi connectivity index (χ2v) is 6.35. The maximum absolute atomic E-state index is 9.19. The smallest absolute Gasteiger partial charge is 0.134 e. The monoisotopic (exact) mass is 366 g/mol. The van der Waals surface area contributed by atoms with Gasteiger partial charge >= 0.3 is 0 Å². The van der Waals surface area contributed by atoms with Gasteiger partial charge in [-0.2, -0.15) is 5.26 Å². The minimum atomic E-state index is 0.436.